The van der Waals surface area contributed by atoms with Crippen molar-refractivity contribution < 1.29 is 18.7 Å². The molecule has 0 spiro atoms. The van der Waals surface area contributed by atoms with Gasteiger partial charge in [-0.15, -0.1) is 10.2 Å². The number of ether oxygens (including phenoxy) is 2. The predicted octanol–water partition coefficient (Wildman–Crippen LogP) is 3.63. The van der Waals surface area contributed by atoms with Crippen molar-refractivity contribution >= 4 is 16.9 Å². The lowest BCUT2D eigenvalue weighted by Gasteiger charge is -2.11. The zero-order chi connectivity index (χ0) is 20.5. The van der Waals surface area contributed by atoms with Gasteiger partial charge in [0.25, 0.3) is 5.91 Å². The molecule has 0 aliphatic carbocycles. The summed E-state index contributed by atoms with van der Waals surface area (Å²) >= 11 is 0. The summed E-state index contributed by atoms with van der Waals surface area (Å²) < 4.78 is 16.6. The molecule has 1 aliphatic heterocycles. The summed E-state index contributed by atoms with van der Waals surface area (Å²) in [4.78, 5) is 12.4. The Morgan fingerprint density at radius 1 is 1.13 bits per heavy atom. The number of hydrogen-bond donors (Lipinski definition) is 1. The van der Waals surface area contributed by atoms with Crippen molar-refractivity contribution in [2.24, 2.45) is 0 Å². The third-order valence-corrected chi connectivity index (χ3v) is 5.09. The number of nitrogens with one attached hydrogen (secondary N) is 1. The number of hydrogen-bond acceptors (Lipinski definition) is 6. The van der Waals surface area contributed by atoms with E-state index in [2.05, 4.69) is 15.5 Å². The monoisotopic (exact) mass is 401 g/mol. The quantitative estimate of drug-likeness (QED) is 0.550. The molecular formula is C23H19N3O4. The second-order valence-corrected chi connectivity index (χ2v) is 7.09. The van der Waals surface area contributed by atoms with Gasteiger partial charge in [0, 0.05) is 23.4 Å². The first kappa shape index (κ1) is 18.2. The van der Waals surface area contributed by atoms with Gasteiger partial charge in [0.05, 0.1) is 19.3 Å². The fourth-order valence-corrected chi connectivity index (χ4v) is 3.56. The second kappa shape index (κ2) is 7.51. The summed E-state index contributed by atoms with van der Waals surface area (Å²) in [6.45, 7) is 0.391. The Labute approximate surface area is 172 Å². The third kappa shape index (κ3) is 3.45. The highest BCUT2D eigenvalue weighted by Gasteiger charge is 2.24. The van der Waals surface area contributed by atoms with Crippen LogP contribution in [-0.2, 0) is 6.42 Å². The number of nitrogens with zero attached hydrogens (tertiary/aromatic N) is 2. The highest BCUT2D eigenvalue weighted by Crippen LogP contribution is 2.32. The van der Waals surface area contributed by atoms with E-state index in [0.29, 0.717) is 30.2 Å². The van der Waals surface area contributed by atoms with Gasteiger partial charge in [-0.3, -0.25) is 4.79 Å². The number of fused-ring (bicyclic) bond motifs is 2. The van der Waals surface area contributed by atoms with Crippen LogP contribution in [-0.4, -0.2) is 35.9 Å². The van der Waals surface area contributed by atoms with Crippen LogP contribution in [0.5, 0.6) is 11.6 Å². The minimum absolute atomic E-state index is 0.134. The normalized spacial score (nSPS) is 14.9. The average Bonchev–Trinajstić information content (AvgIpc) is 3.40. The molecule has 3 heterocycles. The Bertz CT molecular complexity index is 1180. The summed E-state index contributed by atoms with van der Waals surface area (Å²) in [6, 6.07) is 18.9. The first-order valence-electron chi connectivity index (χ1n) is 9.64. The minimum Gasteiger partial charge on any atom is -0.488 e. The molecule has 2 aromatic carbocycles. The summed E-state index contributed by atoms with van der Waals surface area (Å²) in [5, 5.41) is 12.0. The molecule has 0 saturated heterocycles. The molecule has 30 heavy (non-hydrogen) atoms. The van der Waals surface area contributed by atoms with Crippen LogP contribution in [0.25, 0.3) is 22.2 Å². The number of carbonyl (C=O) groups is 1. The zero-order valence-corrected chi connectivity index (χ0v) is 16.3. The molecule has 1 N–H and O–H groups in total. The van der Waals surface area contributed by atoms with E-state index in [1.54, 1.807) is 19.2 Å². The molecule has 2 aromatic heterocycles. The molecule has 4 aromatic rings. The highest BCUT2D eigenvalue weighted by molar-refractivity contribution is 5.96. The average molecular weight is 401 g/mol. The van der Waals surface area contributed by atoms with Gasteiger partial charge in [-0.05, 0) is 42.0 Å². The van der Waals surface area contributed by atoms with Crippen molar-refractivity contribution in [1.29, 1.82) is 0 Å². The van der Waals surface area contributed by atoms with E-state index < -0.39 is 0 Å². The molecule has 0 fully saturated rings. The van der Waals surface area contributed by atoms with Crippen LogP contribution in [0, 0.1) is 0 Å². The first-order chi connectivity index (χ1) is 14.7. The first-order valence-corrected chi connectivity index (χ1v) is 9.64. The van der Waals surface area contributed by atoms with Gasteiger partial charge >= 0.3 is 0 Å². The third-order valence-electron chi connectivity index (χ3n) is 5.09. The number of aromatic nitrogens is 2. The lowest BCUT2D eigenvalue weighted by atomic mass is 10.0. The van der Waals surface area contributed by atoms with E-state index in [9.17, 15) is 4.79 Å². The number of para-hydroxylation sites is 1. The number of rotatable bonds is 5. The van der Waals surface area contributed by atoms with E-state index in [0.717, 1.165) is 28.0 Å². The van der Waals surface area contributed by atoms with E-state index >= 15 is 0 Å². The number of furan rings is 1. The van der Waals surface area contributed by atoms with Gasteiger partial charge in [0.1, 0.15) is 17.4 Å². The lowest BCUT2D eigenvalue weighted by molar-refractivity contribution is 0.0908. The molecule has 7 heteroatoms. The lowest BCUT2D eigenvalue weighted by Crippen LogP contribution is -2.34. The predicted molar refractivity (Wildman–Crippen MR) is 111 cm³/mol. The largest absolute Gasteiger partial charge is 0.488 e. The molecule has 1 aliphatic rings. The molecule has 1 unspecified atom stereocenters. The van der Waals surface area contributed by atoms with Gasteiger partial charge in [0.2, 0.25) is 5.88 Å². The number of carbonyl (C=O) groups excluding carboxylic acids is 1. The van der Waals surface area contributed by atoms with Crippen molar-refractivity contribution in [3.05, 3.63) is 72.0 Å². The van der Waals surface area contributed by atoms with Gasteiger partial charge in [-0.1, -0.05) is 18.2 Å². The van der Waals surface area contributed by atoms with Crippen molar-refractivity contribution in [1.82, 2.24) is 15.5 Å². The van der Waals surface area contributed by atoms with Crippen LogP contribution in [0.15, 0.2) is 65.1 Å². The Hall–Kier alpha value is -3.87. The zero-order valence-electron chi connectivity index (χ0n) is 16.3. The molecule has 1 atom stereocenters. The molecule has 0 bridgehead atoms. The molecule has 150 valence electrons. The molecule has 7 nitrogen and oxygen atoms in total. The van der Waals surface area contributed by atoms with Crippen LogP contribution < -0.4 is 14.8 Å². The Kier molecular flexibility index (Phi) is 4.55. The SMILES string of the molecule is COc1ccc(-c2ccc3c(c2)CC(CNC(=O)c2cc4ccccc4o2)O3)nn1. The standard InChI is InChI=1S/C23H19N3O4/c1-28-22-9-7-18(25-26-22)14-6-8-20-16(10-14)11-17(29-20)13-24-23(27)21-12-15-4-2-3-5-19(15)30-21/h2-10,12,17H,11,13H2,1H3,(H,24,27). The topological polar surface area (TPSA) is 86.5 Å². The summed E-state index contributed by atoms with van der Waals surface area (Å²) in [7, 11) is 1.56. The summed E-state index contributed by atoms with van der Waals surface area (Å²) in [5.74, 6) is 1.35. The van der Waals surface area contributed by atoms with Crippen molar-refractivity contribution in [3.8, 4) is 22.9 Å². The fraction of sp³-hybridized carbons (Fsp3) is 0.174. The van der Waals surface area contributed by atoms with Crippen LogP contribution in [0.1, 0.15) is 16.1 Å². The maximum absolute atomic E-state index is 12.4. The number of amides is 1. The van der Waals surface area contributed by atoms with Crippen LogP contribution in [0.3, 0.4) is 0 Å². The molecule has 0 radical (unpaired) electrons. The van der Waals surface area contributed by atoms with Crippen LogP contribution in [0.4, 0.5) is 0 Å². The van der Waals surface area contributed by atoms with Crippen molar-refractivity contribution in [2.45, 2.75) is 12.5 Å². The van der Waals surface area contributed by atoms with E-state index in [-0.39, 0.29) is 12.0 Å². The van der Waals surface area contributed by atoms with Gasteiger partial charge < -0.3 is 19.2 Å². The van der Waals surface area contributed by atoms with Crippen molar-refractivity contribution in [2.75, 3.05) is 13.7 Å². The maximum atomic E-state index is 12.4. The second-order valence-electron chi connectivity index (χ2n) is 7.09. The molecule has 1 amide bonds. The van der Waals surface area contributed by atoms with Gasteiger partial charge in [0.15, 0.2) is 5.76 Å². The smallest absolute Gasteiger partial charge is 0.287 e. The van der Waals surface area contributed by atoms with Crippen molar-refractivity contribution in [3.63, 3.8) is 0 Å². The molecule has 0 saturated carbocycles. The van der Waals surface area contributed by atoms with Gasteiger partial charge in [-0.2, -0.15) is 0 Å². The van der Waals surface area contributed by atoms with Crippen LogP contribution in [0.2, 0.25) is 0 Å². The van der Waals surface area contributed by atoms with Crippen LogP contribution >= 0.6 is 0 Å². The fourth-order valence-electron chi connectivity index (χ4n) is 3.56. The van der Waals surface area contributed by atoms with E-state index in [1.807, 2.05) is 48.5 Å². The Morgan fingerprint density at radius 2 is 2.03 bits per heavy atom. The van der Waals surface area contributed by atoms with E-state index in [4.69, 9.17) is 13.9 Å². The van der Waals surface area contributed by atoms with E-state index in [1.165, 1.54) is 0 Å². The Balaban J connectivity index is 1.24. The maximum Gasteiger partial charge on any atom is 0.287 e. The number of benzene rings is 2. The van der Waals surface area contributed by atoms with Gasteiger partial charge in [-0.25, -0.2) is 0 Å². The highest BCUT2D eigenvalue weighted by atomic mass is 16.5. The summed E-state index contributed by atoms with van der Waals surface area (Å²) in [5.41, 5.74) is 3.49. The number of methoxy groups -OCH3 is 1. The summed E-state index contributed by atoms with van der Waals surface area (Å²) in [6.07, 6.45) is 0.568. The molecule has 5 rings (SSSR count). The minimum atomic E-state index is -0.250. The Morgan fingerprint density at radius 3 is 2.83 bits per heavy atom. The molecular weight excluding hydrogens is 382 g/mol.